The van der Waals surface area contributed by atoms with Crippen molar-refractivity contribution in [2.45, 2.75) is 77.8 Å². The molecule has 1 aromatic rings. The van der Waals surface area contributed by atoms with E-state index >= 15 is 0 Å². The summed E-state index contributed by atoms with van der Waals surface area (Å²) < 4.78 is 1.87. The number of piperidine rings is 1. The van der Waals surface area contributed by atoms with Gasteiger partial charge in [-0.1, -0.05) is 26.7 Å². The van der Waals surface area contributed by atoms with Crippen molar-refractivity contribution in [3.63, 3.8) is 0 Å². The highest BCUT2D eigenvalue weighted by Crippen LogP contribution is 2.26. The van der Waals surface area contributed by atoms with Crippen LogP contribution in [0.5, 0.6) is 0 Å². The zero-order chi connectivity index (χ0) is 17.8. The van der Waals surface area contributed by atoms with Gasteiger partial charge in [-0.25, -0.2) is 0 Å². The second-order valence-corrected chi connectivity index (χ2v) is 8.14. The zero-order valence-electron chi connectivity index (χ0n) is 16.1. The third-order valence-corrected chi connectivity index (χ3v) is 5.82. The van der Waals surface area contributed by atoms with E-state index in [2.05, 4.69) is 36.1 Å². The lowest BCUT2D eigenvalue weighted by Crippen LogP contribution is -2.45. The molecule has 0 spiro atoms. The first kappa shape index (κ1) is 18.4. The summed E-state index contributed by atoms with van der Waals surface area (Å²) in [7, 11) is 0. The topological polar surface area (TPSA) is 50.2 Å². The highest BCUT2D eigenvalue weighted by atomic mass is 16.1. The summed E-state index contributed by atoms with van der Waals surface area (Å²) in [6.07, 6.45) is 9.70. The number of aryl methyl sites for hydroxylation is 1. The lowest BCUT2D eigenvalue weighted by atomic mass is 10.0. The molecule has 3 rings (SSSR count). The number of carbonyl (C=O) groups excluding carboxylic acids is 1. The fourth-order valence-electron chi connectivity index (χ4n) is 4.28. The fourth-order valence-corrected chi connectivity index (χ4v) is 4.28. The average molecular weight is 347 g/mol. The third-order valence-electron chi connectivity index (χ3n) is 5.82. The second-order valence-electron chi connectivity index (χ2n) is 8.14. The van der Waals surface area contributed by atoms with E-state index in [0.717, 1.165) is 49.7 Å². The molecule has 1 aromatic heterocycles. The molecule has 140 valence electrons. The van der Waals surface area contributed by atoms with E-state index in [4.69, 9.17) is 0 Å². The molecule has 25 heavy (non-hydrogen) atoms. The van der Waals surface area contributed by atoms with Crippen LogP contribution in [0.2, 0.25) is 0 Å². The molecule has 0 bridgehead atoms. The van der Waals surface area contributed by atoms with Crippen LogP contribution in [0.1, 0.15) is 81.3 Å². The van der Waals surface area contributed by atoms with Gasteiger partial charge in [0.25, 0.3) is 5.91 Å². The van der Waals surface area contributed by atoms with Gasteiger partial charge < -0.3 is 10.2 Å². The first-order valence-corrected chi connectivity index (χ1v) is 10.2. The molecular weight excluding hydrogens is 312 g/mol. The monoisotopic (exact) mass is 346 g/mol. The Hall–Kier alpha value is -1.36. The number of amides is 1. The van der Waals surface area contributed by atoms with Crippen LogP contribution in [0.15, 0.2) is 6.20 Å². The van der Waals surface area contributed by atoms with Crippen molar-refractivity contribution in [1.29, 1.82) is 0 Å². The molecule has 1 N–H and O–H groups in total. The van der Waals surface area contributed by atoms with E-state index in [1.807, 2.05) is 10.9 Å². The highest BCUT2D eigenvalue weighted by molar-refractivity contribution is 5.95. The molecule has 0 aromatic carbocycles. The van der Waals surface area contributed by atoms with E-state index in [1.54, 1.807) is 0 Å². The number of carbonyl (C=O) groups is 1. The van der Waals surface area contributed by atoms with Crippen LogP contribution < -0.4 is 5.32 Å². The van der Waals surface area contributed by atoms with Gasteiger partial charge in [-0.2, -0.15) is 5.10 Å². The quantitative estimate of drug-likeness (QED) is 0.859. The van der Waals surface area contributed by atoms with Gasteiger partial charge in [0, 0.05) is 38.4 Å². The molecular formula is C20H34N4O. The molecule has 1 saturated heterocycles. The van der Waals surface area contributed by atoms with Gasteiger partial charge in [0.1, 0.15) is 0 Å². The van der Waals surface area contributed by atoms with Crippen LogP contribution in [-0.4, -0.2) is 46.3 Å². The van der Waals surface area contributed by atoms with Crippen molar-refractivity contribution < 1.29 is 4.79 Å². The van der Waals surface area contributed by atoms with Crippen molar-refractivity contribution >= 4 is 5.91 Å². The van der Waals surface area contributed by atoms with Crippen LogP contribution in [-0.2, 0) is 6.54 Å². The van der Waals surface area contributed by atoms with Gasteiger partial charge in [-0.15, -0.1) is 0 Å². The minimum absolute atomic E-state index is 0.0534. The summed E-state index contributed by atoms with van der Waals surface area (Å²) in [4.78, 5) is 15.4. The number of likely N-dealkylation sites (tertiary alicyclic amines) is 1. The van der Waals surface area contributed by atoms with Crippen LogP contribution >= 0.6 is 0 Å². The fraction of sp³-hybridized carbons (Fsp3) is 0.800. The van der Waals surface area contributed by atoms with Crippen molar-refractivity contribution in [3.8, 4) is 0 Å². The number of hydrogen-bond acceptors (Lipinski definition) is 3. The molecule has 1 saturated carbocycles. The summed E-state index contributed by atoms with van der Waals surface area (Å²) >= 11 is 0. The van der Waals surface area contributed by atoms with Crippen LogP contribution in [0, 0.1) is 5.92 Å². The highest BCUT2D eigenvalue weighted by Gasteiger charge is 2.26. The Morgan fingerprint density at radius 3 is 2.52 bits per heavy atom. The molecule has 1 aliphatic carbocycles. The molecule has 5 heteroatoms. The SMILES string of the molecule is CCn1cc(C(=O)NC2CCN(CC3CCCC3)CC2)c(C(C)C)n1. The molecule has 2 aliphatic rings. The van der Waals surface area contributed by atoms with Crippen molar-refractivity contribution in [2.24, 2.45) is 5.92 Å². The largest absolute Gasteiger partial charge is 0.349 e. The summed E-state index contributed by atoms with van der Waals surface area (Å²) in [5.41, 5.74) is 1.67. The van der Waals surface area contributed by atoms with Gasteiger partial charge in [0.05, 0.1) is 11.3 Å². The van der Waals surface area contributed by atoms with Gasteiger partial charge in [0.2, 0.25) is 0 Å². The Labute approximate surface area is 152 Å². The number of hydrogen-bond donors (Lipinski definition) is 1. The minimum Gasteiger partial charge on any atom is -0.349 e. The maximum Gasteiger partial charge on any atom is 0.254 e. The second kappa shape index (κ2) is 8.35. The van der Waals surface area contributed by atoms with Gasteiger partial charge in [-0.05, 0) is 44.4 Å². The van der Waals surface area contributed by atoms with Crippen molar-refractivity contribution in [1.82, 2.24) is 20.0 Å². The van der Waals surface area contributed by atoms with Crippen LogP contribution in [0.25, 0.3) is 0 Å². The minimum atomic E-state index is 0.0534. The predicted molar refractivity (Wildman–Crippen MR) is 101 cm³/mol. The smallest absolute Gasteiger partial charge is 0.254 e. The average Bonchev–Trinajstić information content (AvgIpc) is 3.26. The van der Waals surface area contributed by atoms with Crippen LogP contribution in [0.3, 0.4) is 0 Å². The van der Waals surface area contributed by atoms with Crippen LogP contribution in [0.4, 0.5) is 0 Å². The maximum atomic E-state index is 12.7. The molecule has 2 fully saturated rings. The van der Waals surface area contributed by atoms with E-state index in [1.165, 1.54) is 32.2 Å². The number of nitrogens with zero attached hydrogens (tertiary/aromatic N) is 3. The number of rotatable bonds is 6. The Morgan fingerprint density at radius 1 is 1.24 bits per heavy atom. The molecule has 0 unspecified atom stereocenters. The van der Waals surface area contributed by atoms with Crippen molar-refractivity contribution in [3.05, 3.63) is 17.5 Å². The standard InChI is InChI=1S/C20H34N4O/c1-4-24-14-18(19(22-24)15(2)3)20(25)21-17-9-11-23(12-10-17)13-16-7-5-6-8-16/h14-17H,4-13H2,1-3H3,(H,21,25). The predicted octanol–water partition coefficient (Wildman–Crippen LogP) is 3.41. The third kappa shape index (κ3) is 4.63. The molecule has 0 atom stereocenters. The van der Waals surface area contributed by atoms with E-state index in [-0.39, 0.29) is 11.8 Å². The lowest BCUT2D eigenvalue weighted by Gasteiger charge is -2.33. The first-order valence-electron chi connectivity index (χ1n) is 10.2. The maximum absolute atomic E-state index is 12.7. The van der Waals surface area contributed by atoms with Gasteiger partial charge >= 0.3 is 0 Å². The summed E-state index contributed by atoms with van der Waals surface area (Å²) in [6.45, 7) is 10.5. The normalized spacial score (nSPS) is 20.5. The molecule has 5 nitrogen and oxygen atoms in total. The molecule has 2 heterocycles. The lowest BCUT2D eigenvalue weighted by molar-refractivity contribution is 0.0904. The Balaban J connectivity index is 1.51. The van der Waals surface area contributed by atoms with Crippen molar-refractivity contribution in [2.75, 3.05) is 19.6 Å². The summed E-state index contributed by atoms with van der Waals surface area (Å²) in [6, 6.07) is 0.303. The Morgan fingerprint density at radius 2 is 1.92 bits per heavy atom. The number of aromatic nitrogens is 2. The van der Waals surface area contributed by atoms with E-state index < -0.39 is 0 Å². The first-order chi connectivity index (χ1) is 12.1. The van der Waals surface area contributed by atoms with Gasteiger partial charge in [0.15, 0.2) is 0 Å². The molecule has 0 radical (unpaired) electrons. The van der Waals surface area contributed by atoms with E-state index in [9.17, 15) is 4.79 Å². The summed E-state index contributed by atoms with van der Waals surface area (Å²) in [5, 5.41) is 7.82. The Bertz CT molecular complexity index is 566. The Kier molecular flexibility index (Phi) is 6.15. The molecule has 1 amide bonds. The summed E-state index contributed by atoms with van der Waals surface area (Å²) in [5.74, 6) is 1.24. The number of nitrogens with one attached hydrogen (secondary N) is 1. The molecule has 1 aliphatic heterocycles. The van der Waals surface area contributed by atoms with E-state index in [0.29, 0.717) is 6.04 Å². The van der Waals surface area contributed by atoms with Gasteiger partial charge in [-0.3, -0.25) is 9.48 Å². The zero-order valence-corrected chi connectivity index (χ0v) is 16.1.